The van der Waals surface area contributed by atoms with Crippen molar-refractivity contribution in [3.63, 3.8) is 0 Å². The molecule has 0 heterocycles. The Labute approximate surface area is 104 Å². The molecule has 0 aromatic heterocycles. The Kier molecular flexibility index (Phi) is 4.06. The molecule has 2 heteroatoms. The van der Waals surface area contributed by atoms with Crippen LogP contribution in [-0.4, -0.2) is 18.2 Å². The second-order valence-corrected chi connectivity index (χ2v) is 4.96. The Morgan fingerprint density at radius 3 is 2.59 bits per heavy atom. The minimum Gasteiger partial charge on any atom is -0.388 e. The largest absolute Gasteiger partial charge is 0.388 e. The smallest absolute Gasteiger partial charge is 0.0807 e. The molecule has 1 fully saturated rings. The maximum atomic E-state index is 10.1. The van der Waals surface area contributed by atoms with Crippen molar-refractivity contribution in [3.8, 4) is 0 Å². The summed E-state index contributed by atoms with van der Waals surface area (Å²) in [5, 5.41) is 10.1. The second-order valence-electron chi connectivity index (χ2n) is 4.96. The normalized spacial score (nSPS) is 16.9. The van der Waals surface area contributed by atoms with Crippen LogP contribution in [0.2, 0.25) is 0 Å². The number of hydrogen-bond acceptors (Lipinski definition) is 2. The first-order valence-electron chi connectivity index (χ1n) is 6.78. The van der Waals surface area contributed by atoms with E-state index in [-0.39, 0.29) is 6.10 Å². The topological polar surface area (TPSA) is 23.5 Å². The molecule has 1 aliphatic rings. The third-order valence-corrected chi connectivity index (χ3v) is 3.58. The van der Waals surface area contributed by atoms with Crippen LogP contribution in [-0.2, 0) is 0 Å². The van der Waals surface area contributed by atoms with Crippen LogP contribution in [0.5, 0.6) is 0 Å². The van der Waals surface area contributed by atoms with Gasteiger partial charge in [0.15, 0.2) is 0 Å². The van der Waals surface area contributed by atoms with Gasteiger partial charge in [-0.1, -0.05) is 25.1 Å². The van der Waals surface area contributed by atoms with E-state index < -0.39 is 0 Å². The van der Waals surface area contributed by atoms with E-state index >= 15 is 0 Å². The fraction of sp³-hybridized carbons (Fsp3) is 0.600. The van der Waals surface area contributed by atoms with Gasteiger partial charge in [-0.3, -0.25) is 0 Å². The summed E-state index contributed by atoms with van der Waals surface area (Å²) in [5.41, 5.74) is 2.30. The minimum atomic E-state index is -0.334. The zero-order valence-electron chi connectivity index (χ0n) is 10.9. The predicted molar refractivity (Wildman–Crippen MR) is 72.3 cm³/mol. The monoisotopic (exact) mass is 233 g/mol. The number of hydrogen-bond donors (Lipinski definition) is 1. The van der Waals surface area contributed by atoms with E-state index in [1.54, 1.807) is 0 Å². The first kappa shape index (κ1) is 12.4. The molecule has 2 nitrogen and oxygen atoms in total. The Bertz CT molecular complexity index is 360. The van der Waals surface area contributed by atoms with Gasteiger partial charge in [-0.15, -0.1) is 0 Å². The van der Waals surface area contributed by atoms with Crippen LogP contribution < -0.4 is 4.90 Å². The van der Waals surface area contributed by atoms with E-state index in [1.165, 1.54) is 18.5 Å². The lowest BCUT2D eigenvalue weighted by molar-refractivity contribution is 0.174. The average Bonchev–Trinajstić information content (AvgIpc) is 3.19. The Hall–Kier alpha value is -1.02. The number of anilines is 1. The van der Waals surface area contributed by atoms with Crippen LogP contribution >= 0.6 is 0 Å². The summed E-state index contributed by atoms with van der Waals surface area (Å²) in [6.45, 7) is 6.38. The lowest BCUT2D eigenvalue weighted by Crippen LogP contribution is -2.26. The van der Waals surface area contributed by atoms with Crippen LogP contribution in [0, 0.1) is 5.92 Å². The van der Waals surface area contributed by atoms with Crippen LogP contribution in [0.25, 0.3) is 0 Å². The summed E-state index contributed by atoms with van der Waals surface area (Å²) in [6.07, 6.45) is 3.18. The molecule has 1 N–H and O–H groups in total. The summed E-state index contributed by atoms with van der Waals surface area (Å²) >= 11 is 0. The standard InChI is InChI=1S/C15H23NO/c1-3-15(17)13-7-5-6-8-14(13)16(4-2)11-12-9-10-12/h5-8,12,15,17H,3-4,9-11H2,1-2H3/t15-/m1/s1. The van der Waals surface area contributed by atoms with E-state index in [4.69, 9.17) is 0 Å². The number of rotatable bonds is 6. The molecule has 0 bridgehead atoms. The maximum absolute atomic E-state index is 10.1. The third kappa shape index (κ3) is 3.01. The number of aliphatic hydroxyl groups is 1. The first-order chi connectivity index (χ1) is 8.26. The molecule has 1 aromatic rings. The molecule has 17 heavy (non-hydrogen) atoms. The molecule has 1 aromatic carbocycles. The highest BCUT2D eigenvalue weighted by molar-refractivity contribution is 5.54. The predicted octanol–water partition coefficient (Wildman–Crippen LogP) is 3.37. The fourth-order valence-electron chi connectivity index (χ4n) is 2.29. The van der Waals surface area contributed by atoms with Gasteiger partial charge >= 0.3 is 0 Å². The molecule has 0 amide bonds. The van der Waals surface area contributed by atoms with Gasteiger partial charge < -0.3 is 10.0 Å². The van der Waals surface area contributed by atoms with Crippen molar-refractivity contribution in [2.75, 3.05) is 18.0 Å². The van der Waals surface area contributed by atoms with E-state index in [2.05, 4.69) is 30.0 Å². The number of para-hydroxylation sites is 1. The lowest BCUT2D eigenvalue weighted by Gasteiger charge is -2.27. The van der Waals surface area contributed by atoms with Gasteiger partial charge in [0.05, 0.1) is 6.10 Å². The van der Waals surface area contributed by atoms with Crippen LogP contribution in [0.3, 0.4) is 0 Å². The zero-order valence-corrected chi connectivity index (χ0v) is 10.9. The molecule has 1 saturated carbocycles. The van der Waals surface area contributed by atoms with E-state index in [0.29, 0.717) is 0 Å². The maximum Gasteiger partial charge on any atom is 0.0807 e. The quantitative estimate of drug-likeness (QED) is 0.814. The molecule has 94 valence electrons. The van der Waals surface area contributed by atoms with Crippen molar-refractivity contribution in [1.29, 1.82) is 0 Å². The van der Waals surface area contributed by atoms with Crippen molar-refractivity contribution in [1.82, 2.24) is 0 Å². The van der Waals surface area contributed by atoms with E-state index in [0.717, 1.165) is 31.0 Å². The Morgan fingerprint density at radius 1 is 1.29 bits per heavy atom. The summed E-state index contributed by atoms with van der Waals surface area (Å²) in [5.74, 6) is 0.877. The Morgan fingerprint density at radius 2 is 2.00 bits per heavy atom. The second kappa shape index (κ2) is 5.54. The van der Waals surface area contributed by atoms with Crippen LogP contribution in [0.4, 0.5) is 5.69 Å². The van der Waals surface area contributed by atoms with Crippen molar-refractivity contribution >= 4 is 5.69 Å². The Balaban J connectivity index is 2.21. The van der Waals surface area contributed by atoms with Gasteiger partial charge in [0.2, 0.25) is 0 Å². The first-order valence-corrected chi connectivity index (χ1v) is 6.78. The highest BCUT2D eigenvalue weighted by Crippen LogP contribution is 2.34. The number of benzene rings is 1. The van der Waals surface area contributed by atoms with Gasteiger partial charge in [0.25, 0.3) is 0 Å². The minimum absolute atomic E-state index is 0.334. The van der Waals surface area contributed by atoms with E-state index in [9.17, 15) is 5.11 Å². The fourth-order valence-corrected chi connectivity index (χ4v) is 2.29. The highest BCUT2D eigenvalue weighted by Gasteiger charge is 2.25. The van der Waals surface area contributed by atoms with Crippen LogP contribution in [0.1, 0.15) is 44.8 Å². The highest BCUT2D eigenvalue weighted by atomic mass is 16.3. The lowest BCUT2D eigenvalue weighted by atomic mass is 10.0. The van der Waals surface area contributed by atoms with Gasteiger partial charge in [-0.2, -0.15) is 0 Å². The molecule has 2 rings (SSSR count). The molecule has 1 atom stereocenters. The van der Waals surface area contributed by atoms with Gasteiger partial charge in [0, 0.05) is 24.3 Å². The zero-order chi connectivity index (χ0) is 12.3. The SMILES string of the molecule is CC[C@@H](O)c1ccccc1N(CC)CC1CC1. The van der Waals surface area contributed by atoms with Gasteiger partial charge in [0.1, 0.15) is 0 Å². The molecular formula is C15H23NO. The number of nitrogens with zero attached hydrogens (tertiary/aromatic N) is 1. The summed E-state index contributed by atoms with van der Waals surface area (Å²) in [6, 6.07) is 8.28. The van der Waals surface area contributed by atoms with Crippen molar-refractivity contribution in [2.24, 2.45) is 5.92 Å². The molecule has 0 radical (unpaired) electrons. The summed E-state index contributed by atoms with van der Waals surface area (Å²) in [7, 11) is 0. The van der Waals surface area contributed by atoms with Crippen LogP contribution in [0.15, 0.2) is 24.3 Å². The molecule has 1 aliphatic carbocycles. The molecule has 0 aliphatic heterocycles. The summed E-state index contributed by atoms with van der Waals surface area (Å²) < 4.78 is 0. The van der Waals surface area contributed by atoms with Crippen molar-refractivity contribution in [3.05, 3.63) is 29.8 Å². The van der Waals surface area contributed by atoms with Gasteiger partial charge in [-0.05, 0) is 38.2 Å². The van der Waals surface area contributed by atoms with Gasteiger partial charge in [-0.25, -0.2) is 0 Å². The molecule has 0 spiro atoms. The average molecular weight is 233 g/mol. The molecular weight excluding hydrogens is 210 g/mol. The third-order valence-electron chi connectivity index (χ3n) is 3.58. The van der Waals surface area contributed by atoms with Crippen molar-refractivity contribution in [2.45, 2.75) is 39.2 Å². The van der Waals surface area contributed by atoms with E-state index in [1.807, 2.05) is 13.0 Å². The summed E-state index contributed by atoms with van der Waals surface area (Å²) in [4.78, 5) is 2.41. The molecule has 0 saturated heterocycles. The molecule has 0 unspecified atom stereocenters. The number of aliphatic hydroxyl groups excluding tert-OH is 1. The van der Waals surface area contributed by atoms with Crippen molar-refractivity contribution < 1.29 is 5.11 Å².